The molecule has 1 atom stereocenters. The van der Waals surface area contributed by atoms with Crippen LogP contribution in [0, 0.1) is 5.92 Å². The Bertz CT molecular complexity index is 231. The third-order valence-corrected chi connectivity index (χ3v) is 4.36. The molecule has 0 aromatic heterocycles. The summed E-state index contributed by atoms with van der Waals surface area (Å²) in [6, 6.07) is 2.59. The minimum absolute atomic E-state index is 0.789. The van der Waals surface area contributed by atoms with Gasteiger partial charge in [-0.1, -0.05) is 13.8 Å². The predicted molar refractivity (Wildman–Crippen MR) is 78.9 cm³/mol. The number of hydrogen-bond donors (Lipinski definition) is 1. The van der Waals surface area contributed by atoms with Gasteiger partial charge in [0.1, 0.15) is 0 Å². The maximum atomic E-state index is 3.63. The molecule has 2 heteroatoms. The Morgan fingerprint density at radius 1 is 1.06 bits per heavy atom. The van der Waals surface area contributed by atoms with Crippen molar-refractivity contribution in [3.63, 3.8) is 0 Å². The zero-order valence-electron chi connectivity index (χ0n) is 12.6. The molecule has 1 N–H and O–H groups in total. The Labute approximate surface area is 114 Å². The molecule has 0 aromatic carbocycles. The first-order chi connectivity index (χ1) is 8.66. The standard InChI is InChI=1S/C16H32N2/c1-13(2)10-12-18(16-8-9-16)14(3)5-4-11-17-15-6-7-15/h13-17H,4-12H2,1-3H3. The smallest absolute Gasteiger partial charge is 0.00992 e. The molecule has 0 bridgehead atoms. The molecule has 0 amide bonds. The molecule has 0 heterocycles. The zero-order chi connectivity index (χ0) is 13.0. The van der Waals surface area contributed by atoms with E-state index in [1.54, 1.807) is 0 Å². The van der Waals surface area contributed by atoms with Crippen molar-refractivity contribution >= 4 is 0 Å². The monoisotopic (exact) mass is 252 g/mol. The molecule has 2 aliphatic rings. The van der Waals surface area contributed by atoms with E-state index >= 15 is 0 Å². The normalized spacial score (nSPS) is 21.8. The van der Waals surface area contributed by atoms with Crippen LogP contribution in [0.3, 0.4) is 0 Å². The summed E-state index contributed by atoms with van der Waals surface area (Å²) in [5.74, 6) is 0.843. The molecule has 2 fully saturated rings. The van der Waals surface area contributed by atoms with Gasteiger partial charge >= 0.3 is 0 Å². The third kappa shape index (κ3) is 5.27. The Morgan fingerprint density at radius 3 is 2.33 bits per heavy atom. The lowest BCUT2D eigenvalue weighted by Crippen LogP contribution is -2.37. The first-order valence-electron chi connectivity index (χ1n) is 8.16. The van der Waals surface area contributed by atoms with Gasteiger partial charge in [0.05, 0.1) is 0 Å². The summed E-state index contributed by atoms with van der Waals surface area (Å²) in [6.45, 7) is 9.68. The lowest BCUT2D eigenvalue weighted by molar-refractivity contribution is 0.177. The van der Waals surface area contributed by atoms with Crippen molar-refractivity contribution in [2.24, 2.45) is 5.92 Å². The van der Waals surface area contributed by atoms with Gasteiger partial charge in [0.15, 0.2) is 0 Å². The van der Waals surface area contributed by atoms with E-state index in [4.69, 9.17) is 0 Å². The molecule has 0 aliphatic heterocycles. The summed E-state index contributed by atoms with van der Waals surface area (Å²) >= 11 is 0. The topological polar surface area (TPSA) is 15.3 Å². The van der Waals surface area contributed by atoms with Gasteiger partial charge in [-0.15, -0.1) is 0 Å². The summed E-state index contributed by atoms with van der Waals surface area (Å²) in [5, 5.41) is 3.63. The highest BCUT2D eigenvalue weighted by atomic mass is 15.2. The van der Waals surface area contributed by atoms with E-state index in [0.717, 1.165) is 24.0 Å². The van der Waals surface area contributed by atoms with Crippen molar-refractivity contribution < 1.29 is 0 Å². The molecular weight excluding hydrogens is 220 g/mol. The second-order valence-corrected chi connectivity index (χ2v) is 6.87. The van der Waals surface area contributed by atoms with Gasteiger partial charge in [0.25, 0.3) is 0 Å². The first kappa shape index (κ1) is 14.3. The van der Waals surface area contributed by atoms with Crippen LogP contribution in [0.15, 0.2) is 0 Å². The summed E-state index contributed by atoms with van der Waals surface area (Å²) in [4.78, 5) is 2.79. The molecule has 2 nitrogen and oxygen atoms in total. The van der Waals surface area contributed by atoms with Crippen LogP contribution in [-0.2, 0) is 0 Å². The van der Waals surface area contributed by atoms with Crippen molar-refractivity contribution in [3.05, 3.63) is 0 Å². The molecule has 18 heavy (non-hydrogen) atoms. The van der Waals surface area contributed by atoms with Crippen LogP contribution >= 0.6 is 0 Å². The van der Waals surface area contributed by atoms with Crippen molar-refractivity contribution in [1.29, 1.82) is 0 Å². The Kier molecular flexibility index (Phi) is 5.50. The van der Waals surface area contributed by atoms with Crippen molar-refractivity contribution in [1.82, 2.24) is 10.2 Å². The van der Waals surface area contributed by atoms with Crippen LogP contribution in [0.1, 0.15) is 65.7 Å². The van der Waals surface area contributed by atoms with Crippen LogP contribution in [0.2, 0.25) is 0 Å². The summed E-state index contributed by atoms with van der Waals surface area (Å²) in [6.07, 6.45) is 9.81. The Balaban J connectivity index is 1.60. The van der Waals surface area contributed by atoms with Crippen LogP contribution in [0.5, 0.6) is 0 Å². The molecule has 0 aromatic rings. The zero-order valence-corrected chi connectivity index (χ0v) is 12.6. The first-order valence-corrected chi connectivity index (χ1v) is 8.16. The van der Waals surface area contributed by atoms with Crippen LogP contribution in [0.25, 0.3) is 0 Å². The van der Waals surface area contributed by atoms with Crippen LogP contribution in [-0.4, -0.2) is 36.1 Å². The maximum absolute atomic E-state index is 3.63. The van der Waals surface area contributed by atoms with Gasteiger partial charge in [0.2, 0.25) is 0 Å². The van der Waals surface area contributed by atoms with Gasteiger partial charge in [-0.25, -0.2) is 0 Å². The van der Waals surface area contributed by atoms with Gasteiger partial charge in [0, 0.05) is 18.1 Å². The van der Waals surface area contributed by atoms with E-state index in [-0.39, 0.29) is 0 Å². The summed E-state index contributed by atoms with van der Waals surface area (Å²) in [7, 11) is 0. The van der Waals surface area contributed by atoms with Crippen LogP contribution < -0.4 is 5.32 Å². The van der Waals surface area contributed by atoms with Crippen LogP contribution in [0.4, 0.5) is 0 Å². The molecule has 2 aliphatic carbocycles. The highest BCUT2D eigenvalue weighted by molar-refractivity contribution is 4.87. The van der Waals surface area contributed by atoms with Gasteiger partial charge in [-0.05, 0) is 70.9 Å². The average Bonchev–Trinajstić information content (AvgIpc) is 3.16. The molecule has 0 spiro atoms. The van der Waals surface area contributed by atoms with Crippen molar-refractivity contribution in [2.45, 2.75) is 83.8 Å². The van der Waals surface area contributed by atoms with Crippen molar-refractivity contribution in [2.75, 3.05) is 13.1 Å². The fourth-order valence-corrected chi connectivity index (χ4v) is 2.73. The minimum atomic E-state index is 0.789. The maximum Gasteiger partial charge on any atom is 0.00992 e. The second-order valence-electron chi connectivity index (χ2n) is 6.87. The number of nitrogens with one attached hydrogen (secondary N) is 1. The van der Waals surface area contributed by atoms with Crippen molar-refractivity contribution in [3.8, 4) is 0 Å². The number of rotatable bonds is 10. The van der Waals surface area contributed by atoms with E-state index in [1.807, 2.05) is 0 Å². The number of hydrogen-bond acceptors (Lipinski definition) is 2. The lowest BCUT2D eigenvalue weighted by atomic mass is 10.1. The molecular formula is C16H32N2. The highest BCUT2D eigenvalue weighted by Gasteiger charge is 2.31. The Morgan fingerprint density at radius 2 is 1.78 bits per heavy atom. The quantitative estimate of drug-likeness (QED) is 0.599. The minimum Gasteiger partial charge on any atom is -0.314 e. The van der Waals surface area contributed by atoms with E-state index in [2.05, 4.69) is 31.0 Å². The molecule has 0 saturated heterocycles. The molecule has 106 valence electrons. The predicted octanol–water partition coefficient (Wildman–Crippen LogP) is 3.42. The molecule has 1 unspecified atom stereocenters. The average molecular weight is 252 g/mol. The molecule has 0 radical (unpaired) electrons. The largest absolute Gasteiger partial charge is 0.314 e. The van der Waals surface area contributed by atoms with E-state index in [9.17, 15) is 0 Å². The van der Waals surface area contributed by atoms with E-state index in [1.165, 1.54) is 58.0 Å². The summed E-state index contributed by atoms with van der Waals surface area (Å²) in [5.41, 5.74) is 0. The Hall–Kier alpha value is -0.0800. The van der Waals surface area contributed by atoms with Gasteiger partial charge in [-0.2, -0.15) is 0 Å². The van der Waals surface area contributed by atoms with E-state index < -0.39 is 0 Å². The molecule has 2 saturated carbocycles. The summed E-state index contributed by atoms with van der Waals surface area (Å²) < 4.78 is 0. The second kappa shape index (κ2) is 6.91. The van der Waals surface area contributed by atoms with E-state index in [0.29, 0.717) is 0 Å². The van der Waals surface area contributed by atoms with Gasteiger partial charge in [-0.3, -0.25) is 4.90 Å². The fourth-order valence-electron chi connectivity index (χ4n) is 2.73. The SMILES string of the molecule is CC(C)CCN(C(C)CCCNC1CC1)C1CC1. The molecule has 2 rings (SSSR count). The highest BCUT2D eigenvalue weighted by Crippen LogP contribution is 2.30. The lowest BCUT2D eigenvalue weighted by Gasteiger charge is -2.30. The van der Waals surface area contributed by atoms with Gasteiger partial charge < -0.3 is 5.32 Å². The number of nitrogens with zero attached hydrogens (tertiary/aromatic N) is 1. The third-order valence-electron chi connectivity index (χ3n) is 4.36. The fraction of sp³-hybridized carbons (Fsp3) is 1.00.